The van der Waals surface area contributed by atoms with E-state index in [-0.39, 0.29) is 11.0 Å². The Labute approximate surface area is 125 Å². The van der Waals surface area contributed by atoms with Gasteiger partial charge in [0.2, 0.25) is 0 Å². The molecule has 21 heavy (non-hydrogen) atoms. The van der Waals surface area contributed by atoms with E-state index in [1.165, 1.54) is 5.57 Å². The molecule has 0 unspecified atom stereocenters. The maximum absolute atomic E-state index is 11.6. The van der Waals surface area contributed by atoms with Gasteiger partial charge in [-0.05, 0) is 31.2 Å². The van der Waals surface area contributed by atoms with Gasteiger partial charge in [0.05, 0.1) is 5.69 Å². The van der Waals surface area contributed by atoms with Crippen molar-refractivity contribution in [1.29, 1.82) is 0 Å². The van der Waals surface area contributed by atoms with Crippen LogP contribution in [0.3, 0.4) is 0 Å². The molecular formula is C16H23N3O2. The summed E-state index contributed by atoms with van der Waals surface area (Å²) in [4.78, 5) is 13.5. The van der Waals surface area contributed by atoms with Crippen LogP contribution in [0.1, 0.15) is 48.8 Å². The van der Waals surface area contributed by atoms with Gasteiger partial charge in [0.1, 0.15) is 5.56 Å². The lowest BCUT2D eigenvalue weighted by molar-refractivity contribution is 0.0696. The number of rotatable bonds is 2. The molecule has 0 saturated heterocycles. The number of nitrogens with zero attached hydrogens (tertiary/aromatic N) is 3. The molecule has 5 heteroatoms. The van der Waals surface area contributed by atoms with Crippen LogP contribution in [0.2, 0.25) is 0 Å². The van der Waals surface area contributed by atoms with Crippen LogP contribution in [0.15, 0.2) is 11.6 Å². The van der Waals surface area contributed by atoms with Crippen molar-refractivity contribution in [3.63, 3.8) is 0 Å². The molecule has 1 aliphatic rings. The fourth-order valence-corrected chi connectivity index (χ4v) is 2.62. The smallest absolute Gasteiger partial charge is 0.339 e. The molecule has 2 rings (SSSR count). The second-order valence-electron chi connectivity index (χ2n) is 6.59. The lowest BCUT2D eigenvalue weighted by Gasteiger charge is -2.33. The highest BCUT2D eigenvalue weighted by Gasteiger charge is 2.26. The summed E-state index contributed by atoms with van der Waals surface area (Å²) >= 11 is 0. The minimum Gasteiger partial charge on any atom is -0.478 e. The van der Waals surface area contributed by atoms with Gasteiger partial charge < -0.3 is 10.0 Å². The molecule has 114 valence electrons. The number of hydrogen-bond acceptors (Lipinski definition) is 4. The predicted octanol–water partition coefficient (Wildman–Crippen LogP) is 2.97. The minimum atomic E-state index is -0.939. The van der Waals surface area contributed by atoms with Gasteiger partial charge in [-0.1, -0.05) is 32.4 Å². The molecule has 1 N–H and O–H groups in total. The molecule has 0 amide bonds. The Bertz CT molecular complexity index is 600. The number of aryl methyl sites for hydroxylation is 1. The molecule has 0 aromatic carbocycles. The van der Waals surface area contributed by atoms with E-state index in [2.05, 4.69) is 37.0 Å². The van der Waals surface area contributed by atoms with Crippen LogP contribution in [0, 0.1) is 19.3 Å². The maximum Gasteiger partial charge on any atom is 0.339 e. The topological polar surface area (TPSA) is 66.3 Å². The SMILES string of the molecule is Cc1nnc(N2CC=C(C(C)(C)C)CC2)c(C(=O)O)c1C. The third-order valence-electron chi connectivity index (χ3n) is 4.12. The van der Waals surface area contributed by atoms with Gasteiger partial charge in [-0.15, -0.1) is 5.10 Å². The number of carboxylic acid groups (broad SMARTS) is 1. The van der Waals surface area contributed by atoms with Gasteiger partial charge in [0, 0.05) is 13.1 Å². The second kappa shape index (κ2) is 5.47. The van der Waals surface area contributed by atoms with Gasteiger partial charge in [0.25, 0.3) is 0 Å². The fourth-order valence-electron chi connectivity index (χ4n) is 2.62. The van der Waals surface area contributed by atoms with Crippen molar-refractivity contribution in [2.75, 3.05) is 18.0 Å². The van der Waals surface area contributed by atoms with Crippen molar-refractivity contribution in [2.24, 2.45) is 5.41 Å². The number of hydrogen-bond donors (Lipinski definition) is 1. The molecule has 0 atom stereocenters. The van der Waals surface area contributed by atoms with Crippen molar-refractivity contribution in [1.82, 2.24) is 10.2 Å². The molecule has 0 radical (unpaired) electrons. The standard InChI is InChI=1S/C16H23N3O2/c1-10-11(2)17-18-14(13(10)15(20)21)19-8-6-12(7-9-19)16(3,4)5/h6H,7-9H2,1-5H3,(H,20,21). The van der Waals surface area contributed by atoms with Crippen LogP contribution in [-0.4, -0.2) is 34.4 Å². The number of aromatic carboxylic acids is 1. The first kappa shape index (κ1) is 15.5. The Kier molecular flexibility index (Phi) is 4.03. The quantitative estimate of drug-likeness (QED) is 0.848. The molecule has 2 heterocycles. The van der Waals surface area contributed by atoms with Gasteiger partial charge in [-0.2, -0.15) is 5.10 Å². The van der Waals surface area contributed by atoms with Crippen molar-refractivity contribution < 1.29 is 9.90 Å². The molecule has 1 aliphatic heterocycles. The molecule has 1 aromatic rings. The van der Waals surface area contributed by atoms with E-state index in [1.54, 1.807) is 13.8 Å². The maximum atomic E-state index is 11.6. The van der Waals surface area contributed by atoms with Crippen LogP contribution in [0.5, 0.6) is 0 Å². The van der Waals surface area contributed by atoms with E-state index in [4.69, 9.17) is 0 Å². The highest BCUT2D eigenvalue weighted by molar-refractivity contribution is 5.95. The molecule has 0 saturated carbocycles. The van der Waals surface area contributed by atoms with E-state index in [0.29, 0.717) is 23.6 Å². The lowest BCUT2D eigenvalue weighted by Crippen LogP contribution is -2.33. The van der Waals surface area contributed by atoms with Crippen LogP contribution in [0.25, 0.3) is 0 Å². The first-order valence-corrected chi connectivity index (χ1v) is 7.23. The second-order valence-corrected chi connectivity index (χ2v) is 6.59. The summed E-state index contributed by atoms with van der Waals surface area (Å²) in [5, 5.41) is 17.7. The summed E-state index contributed by atoms with van der Waals surface area (Å²) in [5.41, 5.74) is 3.20. The van der Waals surface area contributed by atoms with Crippen LogP contribution in [0.4, 0.5) is 5.82 Å². The Balaban J connectivity index is 2.35. The van der Waals surface area contributed by atoms with E-state index < -0.39 is 5.97 Å². The average Bonchev–Trinajstić information content (AvgIpc) is 2.40. The number of aromatic nitrogens is 2. The Morgan fingerprint density at radius 2 is 1.95 bits per heavy atom. The van der Waals surface area contributed by atoms with Gasteiger partial charge in [-0.25, -0.2) is 4.79 Å². The zero-order valence-electron chi connectivity index (χ0n) is 13.4. The summed E-state index contributed by atoms with van der Waals surface area (Å²) in [6, 6.07) is 0. The fraction of sp³-hybridized carbons (Fsp3) is 0.562. The highest BCUT2D eigenvalue weighted by Crippen LogP contribution is 2.32. The number of anilines is 1. The zero-order chi connectivity index (χ0) is 15.8. The van der Waals surface area contributed by atoms with Crippen LogP contribution < -0.4 is 4.90 Å². The molecule has 0 fully saturated rings. The van der Waals surface area contributed by atoms with Crippen LogP contribution in [-0.2, 0) is 0 Å². The van der Waals surface area contributed by atoms with E-state index in [0.717, 1.165) is 13.0 Å². The summed E-state index contributed by atoms with van der Waals surface area (Å²) in [6.45, 7) is 11.6. The summed E-state index contributed by atoms with van der Waals surface area (Å²) in [5.74, 6) is -0.457. The third kappa shape index (κ3) is 3.06. The molecule has 0 spiro atoms. The first-order valence-electron chi connectivity index (χ1n) is 7.23. The molecule has 1 aromatic heterocycles. The normalized spacial score (nSPS) is 15.9. The van der Waals surface area contributed by atoms with Crippen molar-refractivity contribution >= 4 is 11.8 Å². The van der Waals surface area contributed by atoms with E-state index >= 15 is 0 Å². The summed E-state index contributed by atoms with van der Waals surface area (Å²) in [6.07, 6.45) is 3.11. The van der Waals surface area contributed by atoms with E-state index in [9.17, 15) is 9.90 Å². The summed E-state index contributed by atoms with van der Waals surface area (Å²) < 4.78 is 0. The Morgan fingerprint density at radius 1 is 1.29 bits per heavy atom. The first-order chi connectivity index (χ1) is 9.71. The molecule has 0 bridgehead atoms. The minimum absolute atomic E-state index is 0.163. The number of carboxylic acids is 1. The highest BCUT2D eigenvalue weighted by atomic mass is 16.4. The largest absolute Gasteiger partial charge is 0.478 e. The average molecular weight is 289 g/mol. The third-order valence-corrected chi connectivity index (χ3v) is 4.12. The van der Waals surface area contributed by atoms with Gasteiger partial charge in [0.15, 0.2) is 5.82 Å². The predicted molar refractivity (Wildman–Crippen MR) is 82.8 cm³/mol. The van der Waals surface area contributed by atoms with Crippen molar-refractivity contribution in [3.05, 3.63) is 28.5 Å². The number of carbonyl (C=O) groups is 1. The van der Waals surface area contributed by atoms with Gasteiger partial charge in [-0.3, -0.25) is 0 Å². The van der Waals surface area contributed by atoms with E-state index in [1.807, 2.05) is 4.90 Å². The lowest BCUT2D eigenvalue weighted by atomic mass is 9.83. The zero-order valence-corrected chi connectivity index (χ0v) is 13.4. The van der Waals surface area contributed by atoms with Crippen LogP contribution >= 0.6 is 0 Å². The molecule has 0 aliphatic carbocycles. The Morgan fingerprint density at radius 3 is 2.43 bits per heavy atom. The summed E-state index contributed by atoms with van der Waals surface area (Å²) in [7, 11) is 0. The molecule has 5 nitrogen and oxygen atoms in total. The van der Waals surface area contributed by atoms with Crippen molar-refractivity contribution in [3.8, 4) is 0 Å². The Hall–Kier alpha value is -1.91. The molecular weight excluding hydrogens is 266 g/mol. The monoisotopic (exact) mass is 289 g/mol. The van der Waals surface area contributed by atoms with Crippen molar-refractivity contribution in [2.45, 2.75) is 41.0 Å². The van der Waals surface area contributed by atoms with Gasteiger partial charge >= 0.3 is 5.97 Å².